The van der Waals surface area contributed by atoms with Crippen molar-refractivity contribution in [3.63, 3.8) is 0 Å². The van der Waals surface area contributed by atoms with Crippen LogP contribution in [0.2, 0.25) is 4.34 Å². The fourth-order valence-corrected chi connectivity index (χ4v) is 2.20. The Morgan fingerprint density at radius 2 is 2.40 bits per heavy atom. The van der Waals surface area contributed by atoms with Gasteiger partial charge in [-0.15, -0.1) is 11.3 Å². The standard InChI is InChI=1S/C10H16ClN3S/c1-3-6-13-10(12)14-7(2)8-4-5-9(11)15-8/h4-5,7H,3,6H2,1-2H3,(H3,12,13,14). The molecule has 0 aromatic carbocycles. The number of nitrogens with two attached hydrogens (primary N) is 1. The summed E-state index contributed by atoms with van der Waals surface area (Å²) in [5, 5.41) is 3.12. The van der Waals surface area contributed by atoms with Crippen LogP contribution in [0, 0.1) is 0 Å². The number of aliphatic imine (C=N–C) groups is 1. The molecule has 0 amide bonds. The molecule has 0 aliphatic carbocycles. The predicted molar refractivity (Wildman–Crippen MR) is 67.7 cm³/mol. The Bertz CT molecular complexity index is 335. The van der Waals surface area contributed by atoms with E-state index in [0.29, 0.717) is 5.96 Å². The van der Waals surface area contributed by atoms with Crippen LogP contribution in [0.5, 0.6) is 0 Å². The molecule has 15 heavy (non-hydrogen) atoms. The fourth-order valence-electron chi connectivity index (χ4n) is 1.13. The maximum absolute atomic E-state index is 5.85. The summed E-state index contributed by atoms with van der Waals surface area (Å²) in [5.74, 6) is 0.494. The predicted octanol–water partition coefficient (Wildman–Crippen LogP) is 2.78. The number of nitrogens with one attached hydrogen (secondary N) is 1. The van der Waals surface area contributed by atoms with Gasteiger partial charge in [0.2, 0.25) is 0 Å². The third-order valence-corrected chi connectivity index (χ3v) is 3.30. The van der Waals surface area contributed by atoms with E-state index in [4.69, 9.17) is 17.3 Å². The molecule has 1 aromatic rings. The largest absolute Gasteiger partial charge is 0.370 e. The molecule has 1 unspecified atom stereocenters. The molecule has 0 fully saturated rings. The van der Waals surface area contributed by atoms with E-state index < -0.39 is 0 Å². The highest BCUT2D eigenvalue weighted by molar-refractivity contribution is 7.16. The van der Waals surface area contributed by atoms with Crippen molar-refractivity contribution in [2.45, 2.75) is 26.3 Å². The van der Waals surface area contributed by atoms with Gasteiger partial charge in [0, 0.05) is 11.4 Å². The van der Waals surface area contributed by atoms with Crippen LogP contribution >= 0.6 is 22.9 Å². The van der Waals surface area contributed by atoms with Crippen LogP contribution in [0.25, 0.3) is 0 Å². The molecular weight excluding hydrogens is 230 g/mol. The van der Waals surface area contributed by atoms with Crippen LogP contribution in [-0.4, -0.2) is 12.5 Å². The van der Waals surface area contributed by atoms with E-state index >= 15 is 0 Å². The van der Waals surface area contributed by atoms with E-state index in [0.717, 1.165) is 22.2 Å². The Kier molecular flexibility index (Phi) is 4.91. The highest BCUT2D eigenvalue weighted by atomic mass is 35.5. The zero-order chi connectivity index (χ0) is 11.3. The van der Waals surface area contributed by atoms with E-state index in [1.165, 1.54) is 0 Å². The summed E-state index contributed by atoms with van der Waals surface area (Å²) in [6.07, 6.45) is 1.00. The zero-order valence-corrected chi connectivity index (χ0v) is 10.5. The Morgan fingerprint density at radius 3 is 2.93 bits per heavy atom. The van der Waals surface area contributed by atoms with Gasteiger partial charge in [-0.05, 0) is 25.5 Å². The van der Waals surface area contributed by atoms with Crippen LogP contribution < -0.4 is 11.1 Å². The lowest BCUT2D eigenvalue weighted by Gasteiger charge is -2.12. The average Bonchev–Trinajstić information content (AvgIpc) is 2.61. The Morgan fingerprint density at radius 1 is 1.67 bits per heavy atom. The van der Waals surface area contributed by atoms with Gasteiger partial charge in [0.15, 0.2) is 5.96 Å². The highest BCUT2D eigenvalue weighted by Crippen LogP contribution is 2.26. The zero-order valence-electron chi connectivity index (χ0n) is 8.96. The first-order valence-corrected chi connectivity index (χ1v) is 6.14. The van der Waals surface area contributed by atoms with Crippen LogP contribution in [0.1, 0.15) is 31.2 Å². The monoisotopic (exact) mass is 245 g/mol. The van der Waals surface area contributed by atoms with Gasteiger partial charge >= 0.3 is 0 Å². The second-order valence-corrected chi connectivity index (χ2v) is 5.02. The second kappa shape index (κ2) is 5.98. The number of guanidine groups is 1. The van der Waals surface area contributed by atoms with Crippen molar-refractivity contribution in [1.29, 1.82) is 0 Å². The van der Waals surface area contributed by atoms with E-state index in [1.807, 2.05) is 19.1 Å². The summed E-state index contributed by atoms with van der Waals surface area (Å²) < 4.78 is 0.794. The van der Waals surface area contributed by atoms with Crippen molar-refractivity contribution in [2.24, 2.45) is 10.7 Å². The van der Waals surface area contributed by atoms with Crippen molar-refractivity contribution >= 4 is 28.9 Å². The van der Waals surface area contributed by atoms with Gasteiger partial charge in [-0.3, -0.25) is 4.99 Å². The minimum atomic E-state index is 0.156. The molecule has 5 heteroatoms. The van der Waals surface area contributed by atoms with Gasteiger partial charge in [0.1, 0.15) is 0 Å². The minimum absolute atomic E-state index is 0.156. The third-order valence-electron chi connectivity index (χ3n) is 1.89. The molecule has 0 saturated heterocycles. The van der Waals surface area contributed by atoms with Crippen LogP contribution in [0.15, 0.2) is 17.1 Å². The molecule has 1 aromatic heterocycles. The lowest BCUT2D eigenvalue weighted by molar-refractivity contribution is 0.720. The first-order valence-electron chi connectivity index (χ1n) is 4.95. The highest BCUT2D eigenvalue weighted by Gasteiger charge is 2.08. The van der Waals surface area contributed by atoms with Gasteiger partial charge < -0.3 is 11.1 Å². The molecule has 0 bridgehead atoms. The normalized spacial score (nSPS) is 13.9. The number of thiophene rings is 1. The topological polar surface area (TPSA) is 50.4 Å². The fraction of sp³-hybridized carbons (Fsp3) is 0.500. The van der Waals surface area contributed by atoms with Gasteiger partial charge in [0.05, 0.1) is 10.4 Å². The maximum atomic E-state index is 5.85. The molecule has 84 valence electrons. The molecule has 3 nitrogen and oxygen atoms in total. The van der Waals surface area contributed by atoms with Gasteiger partial charge in [-0.2, -0.15) is 0 Å². The van der Waals surface area contributed by atoms with Crippen molar-refractivity contribution in [3.8, 4) is 0 Å². The number of halogens is 1. The van der Waals surface area contributed by atoms with E-state index in [9.17, 15) is 0 Å². The molecule has 0 saturated carbocycles. The van der Waals surface area contributed by atoms with Crippen molar-refractivity contribution in [3.05, 3.63) is 21.3 Å². The minimum Gasteiger partial charge on any atom is -0.370 e. The van der Waals surface area contributed by atoms with Crippen molar-refractivity contribution < 1.29 is 0 Å². The van der Waals surface area contributed by atoms with Crippen molar-refractivity contribution in [1.82, 2.24) is 5.32 Å². The molecule has 0 radical (unpaired) electrons. The summed E-state index contributed by atoms with van der Waals surface area (Å²) in [6.45, 7) is 4.87. The first-order chi connectivity index (χ1) is 7.13. The molecule has 1 atom stereocenters. The second-order valence-electron chi connectivity index (χ2n) is 3.27. The number of hydrogen-bond acceptors (Lipinski definition) is 2. The van der Waals surface area contributed by atoms with Crippen LogP contribution in [0.4, 0.5) is 0 Å². The number of rotatable bonds is 4. The van der Waals surface area contributed by atoms with Gasteiger partial charge in [-0.1, -0.05) is 18.5 Å². The smallest absolute Gasteiger partial charge is 0.189 e. The number of nitrogens with zero attached hydrogens (tertiary/aromatic N) is 1. The molecule has 1 heterocycles. The van der Waals surface area contributed by atoms with E-state index in [1.54, 1.807) is 11.3 Å². The van der Waals surface area contributed by atoms with E-state index in [2.05, 4.69) is 17.2 Å². The molecule has 0 spiro atoms. The Labute approximate surface area is 99.3 Å². The van der Waals surface area contributed by atoms with Gasteiger partial charge in [0.25, 0.3) is 0 Å². The lowest BCUT2D eigenvalue weighted by atomic mass is 10.3. The maximum Gasteiger partial charge on any atom is 0.189 e. The molecule has 3 N–H and O–H groups in total. The van der Waals surface area contributed by atoms with E-state index in [-0.39, 0.29) is 6.04 Å². The summed E-state index contributed by atoms with van der Waals surface area (Å²) in [4.78, 5) is 5.33. The summed E-state index contributed by atoms with van der Waals surface area (Å²) in [6, 6.07) is 4.04. The molecule has 0 aliphatic heterocycles. The number of hydrogen-bond donors (Lipinski definition) is 2. The lowest BCUT2D eigenvalue weighted by Crippen LogP contribution is -2.33. The van der Waals surface area contributed by atoms with Gasteiger partial charge in [-0.25, -0.2) is 0 Å². The molecular formula is C10H16ClN3S. The summed E-state index contributed by atoms with van der Waals surface area (Å²) in [5.41, 5.74) is 5.72. The first kappa shape index (κ1) is 12.3. The van der Waals surface area contributed by atoms with Crippen molar-refractivity contribution in [2.75, 3.05) is 6.54 Å². The average molecular weight is 246 g/mol. The Hall–Kier alpha value is -0.740. The summed E-state index contributed by atoms with van der Waals surface area (Å²) >= 11 is 7.41. The molecule has 0 aliphatic rings. The third kappa shape index (κ3) is 4.10. The summed E-state index contributed by atoms with van der Waals surface area (Å²) in [7, 11) is 0. The Balaban J connectivity index is 2.52. The molecule has 1 rings (SSSR count). The quantitative estimate of drug-likeness (QED) is 0.633. The van der Waals surface area contributed by atoms with Crippen LogP contribution in [-0.2, 0) is 0 Å². The SMILES string of the molecule is CCCN=C(N)NC(C)c1ccc(Cl)s1. The van der Waals surface area contributed by atoms with Crippen LogP contribution in [0.3, 0.4) is 0 Å².